The minimum atomic E-state index is 0.0189. The first-order valence-electron chi connectivity index (χ1n) is 8.19. The maximum atomic E-state index is 11.4. The van der Waals surface area contributed by atoms with Gasteiger partial charge in [-0.1, -0.05) is 0 Å². The smallest absolute Gasteiger partial charge is 0.161 e. The Balaban J connectivity index is 1.81. The summed E-state index contributed by atoms with van der Waals surface area (Å²) in [5.41, 5.74) is 0.630. The molecule has 1 heterocycles. The zero-order valence-electron chi connectivity index (χ0n) is 14.5. The number of Topliss-reactive ketones (excluding diaryl/α,β-unsaturated/α-hetero) is 1. The summed E-state index contributed by atoms with van der Waals surface area (Å²) in [6.45, 7) is 9.32. The number of ketones is 1. The second kappa shape index (κ2) is 8.31. The number of hydrogen-bond acceptors (Lipinski definition) is 5. The van der Waals surface area contributed by atoms with E-state index in [1.165, 1.54) is 0 Å². The second-order valence-corrected chi connectivity index (χ2v) is 6.14. The number of carbonyl (C=O) groups excluding carboxylic acids is 1. The third-order valence-corrected chi connectivity index (χ3v) is 3.94. The lowest BCUT2D eigenvalue weighted by atomic mass is 10.1. The van der Waals surface area contributed by atoms with Crippen LogP contribution in [0, 0.1) is 0 Å². The fraction of sp³-hybridized carbons (Fsp3) is 0.611. The van der Waals surface area contributed by atoms with Crippen LogP contribution in [0.25, 0.3) is 0 Å². The Morgan fingerprint density at radius 2 is 1.96 bits per heavy atom. The molecule has 1 aromatic rings. The highest BCUT2D eigenvalue weighted by Gasteiger charge is 2.21. The summed E-state index contributed by atoms with van der Waals surface area (Å²) >= 11 is 0. The van der Waals surface area contributed by atoms with Crippen LogP contribution in [0.4, 0.5) is 0 Å². The van der Waals surface area contributed by atoms with Gasteiger partial charge in [-0.3, -0.25) is 9.69 Å². The van der Waals surface area contributed by atoms with Gasteiger partial charge in [0.25, 0.3) is 0 Å². The van der Waals surface area contributed by atoms with Crippen LogP contribution in [0.15, 0.2) is 18.2 Å². The number of hydrogen-bond donors (Lipinski definition) is 0. The van der Waals surface area contributed by atoms with Crippen LogP contribution in [-0.4, -0.2) is 56.2 Å². The lowest BCUT2D eigenvalue weighted by Gasteiger charge is -2.35. The van der Waals surface area contributed by atoms with Gasteiger partial charge in [-0.2, -0.15) is 0 Å². The molecule has 0 N–H and O–H groups in total. The van der Waals surface area contributed by atoms with Crippen molar-refractivity contribution in [1.82, 2.24) is 4.90 Å². The van der Waals surface area contributed by atoms with Gasteiger partial charge in [-0.15, -0.1) is 0 Å². The van der Waals surface area contributed by atoms with Gasteiger partial charge in [0.2, 0.25) is 0 Å². The zero-order chi connectivity index (χ0) is 16.8. The molecule has 5 heteroatoms. The van der Waals surface area contributed by atoms with E-state index in [1.54, 1.807) is 32.2 Å². The molecule has 2 rings (SSSR count). The van der Waals surface area contributed by atoms with Gasteiger partial charge in [0.05, 0.1) is 25.9 Å². The van der Waals surface area contributed by atoms with Gasteiger partial charge in [0.1, 0.15) is 0 Å². The van der Waals surface area contributed by atoms with E-state index < -0.39 is 0 Å². The van der Waals surface area contributed by atoms with Gasteiger partial charge >= 0.3 is 0 Å². The van der Waals surface area contributed by atoms with Crippen LogP contribution < -0.4 is 9.47 Å². The summed E-state index contributed by atoms with van der Waals surface area (Å²) in [5.74, 6) is 1.30. The Morgan fingerprint density at radius 1 is 1.26 bits per heavy atom. The van der Waals surface area contributed by atoms with Gasteiger partial charge in [-0.05, 0) is 45.4 Å². The number of benzene rings is 1. The van der Waals surface area contributed by atoms with Crippen LogP contribution in [0.3, 0.4) is 0 Å². The van der Waals surface area contributed by atoms with E-state index >= 15 is 0 Å². The van der Waals surface area contributed by atoms with Crippen molar-refractivity contribution in [3.8, 4) is 11.5 Å². The molecule has 1 aromatic carbocycles. The molecule has 23 heavy (non-hydrogen) atoms. The molecule has 1 aliphatic rings. The average Bonchev–Trinajstić information content (AvgIpc) is 2.50. The third-order valence-electron chi connectivity index (χ3n) is 3.94. The normalized spacial score (nSPS) is 21.9. The maximum Gasteiger partial charge on any atom is 0.161 e. The van der Waals surface area contributed by atoms with Crippen molar-refractivity contribution in [3.05, 3.63) is 23.8 Å². The van der Waals surface area contributed by atoms with Crippen molar-refractivity contribution in [2.75, 3.05) is 33.4 Å². The van der Waals surface area contributed by atoms with Crippen LogP contribution in [0.2, 0.25) is 0 Å². The van der Waals surface area contributed by atoms with Crippen LogP contribution >= 0.6 is 0 Å². The van der Waals surface area contributed by atoms with E-state index in [0.29, 0.717) is 35.9 Å². The summed E-state index contributed by atoms with van der Waals surface area (Å²) in [6, 6.07) is 5.29. The molecular weight excluding hydrogens is 294 g/mol. The number of carbonyl (C=O) groups is 1. The SMILES string of the molecule is COc1cc(C(C)=O)ccc1OCCCN1C[C@@H](C)O[C@@H](C)C1. The molecule has 1 aliphatic heterocycles. The van der Waals surface area contributed by atoms with E-state index in [1.807, 2.05) is 0 Å². The Labute approximate surface area is 138 Å². The summed E-state index contributed by atoms with van der Waals surface area (Å²) in [4.78, 5) is 13.8. The van der Waals surface area contributed by atoms with Crippen molar-refractivity contribution >= 4 is 5.78 Å². The minimum absolute atomic E-state index is 0.0189. The highest BCUT2D eigenvalue weighted by Crippen LogP contribution is 2.28. The monoisotopic (exact) mass is 321 g/mol. The Bertz CT molecular complexity index is 522. The van der Waals surface area contributed by atoms with Gasteiger partial charge in [0.15, 0.2) is 17.3 Å². The lowest BCUT2D eigenvalue weighted by molar-refractivity contribution is -0.0686. The molecule has 0 aliphatic carbocycles. The molecule has 0 aromatic heterocycles. The van der Waals surface area contributed by atoms with E-state index in [4.69, 9.17) is 14.2 Å². The number of methoxy groups -OCH3 is 1. The van der Waals surface area contributed by atoms with E-state index in [-0.39, 0.29) is 5.78 Å². The zero-order valence-corrected chi connectivity index (χ0v) is 14.5. The first-order chi connectivity index (χ1) is 11.0. The predicted molar refractivity (Wildman–Crippen MR) is 89.6 cm³/mol. The number of rotatable bonds is 7. The predicted octanol–water partition coefficient (Wildman–Crippen LogP) is 2.78. The summed E-state index contributed by atoms with van der Waals surface area (Å²) < 4.78 is 16.9. The summed E-state index contributed by atoms with van der Waals surface area (Å²) in [7, 11) is 1.59. The second-order valence-electron chi connectivity index (χ2n) is 6.14. The molecule has 0 amide bonds. The van der Waals surface area contributed by atoms with Crippen LogP contribution in [-0.2, 0) is 4.74 Å². The molecule has 5 nitrogen and oxygen atoms in total. The number of morpholine rings is 1. The van der Waals surface area contributed by atoms with E-state index in [2.05, 4.69) is 18.7 Å². The van der Waals surface area contributed by atoms with Gasteiger partial charge in [-0.25, -0.2) is 0 Å². The van der Waals surface area contributed by atoms with Gasteiger partial charge < -0.3 is 14.2 Å². The van der Waals surface area contributed by atoms with Gasteiger partial charge in [0, 0.05) is 25.2 Å². The summed E-state index contributed by atoms with van der Waals surface area (Å²) in [6.07, 6.45) is 1.52. The molecule has 0 bridgehead atoms. The standard InChI is InChI=1S/C18H27NO4/c1-13-11-19(12-14(2)23-13)8-5-9-22-17-7-6-16(15(3)20)10-18(17)21-4/h6-7,10,13-14H,5,8-9,11-12H2,1-4H3/t13-,14+. The quantitative estimate of drug-likeness (QED) is 0.571. The first kappa shape index (κ1) is 17.8. The number of ether oxygens (including phenoxy) is 3. The highest BCUT2D eigenvalue weighted by atomic mass is 16.5. The van der Waals surface area contributed by atoms with E-state index in [9.17, 15) is 4.79 Å². The van der Waals surface area contributed by atoms with Crippen LogP contribution in [0.1, 0.15) is 37.6 Å². The fourth-order valence-electron chi connectivity index (χ4n) is 2.94. The first-order valence-corrected chi connectivity index (χ1v) is 8.19. The van der Waals surface area contributed by atoms with Crippen molar-refractivity contribution in [1.29, 1.82) is 0 Å². The van der Waals surface area contributed by atoms with Crippen molar-refractivity contribution in [3.63, 3.8) is 0 Å². The molecule has 128 valence electrons. The molecule has 1 saturated heterocycles. The third kappa shape index (κ3) is 5.22. The fourth-order valence-corrected chi connectivity index (χ4v) is 2.94. The largest absolute Gasteiger partial charge is 0.493 e. The Hall–Kier alpha value is -1.59. The molecule has 0 unspecified atom stereocenters. The molecule has 0 spiro atoms. The highest BCUT2D eigenvalue weighted by molar-refractivity contribution is 5.94. The lowest BCUT2D eigenvalue weighted by Crippen LogP contribution is -2.45. The molecule has 1 fully saturated rings. The van der Waals surface area contributed by atoms with Crippen molar-refractivity contribution < 1.29 is 19.0 Å². The Kier molecular flexibility index (Phi) is 6.42. The minimum Gasteiger partial charge on any atom is -0.493 e. The van der Waals surface area contributed by atoms with Crippen molar-refractivity contribution in [2.45, 2.75) is 39.4 Å². The summed E-state index contributed by atoms with van der Waals surface area (Å²) in [5, 5.41) is 0. The molecule has 0 radical (unpaired) electrons. The maximum absolute atomic E-state index is 11.4. The van der Waals surface area contributed by atoms with Crippen LogP contribution in [0.5, 0.6) is 11.5 Å². The Morgan fingerprint density at radius 3 is 2.57 bits per heavy atom. The topological polar surface area (TPSA) is 48.0 Å². The molecular formula is C18H27NO4. The number of nitrogens with zero attached hydrogens (tertiary/aromatic N) is 1. The van der Waals surface area contributed by atoms with E-state index in [0.717, 1.165) is 26.1 Å². The molecule has 0 saturated carbocycles. The molecule has 2 atom stereocenters. The van der Waals surface area contributed by atoms with Crippen molar-refractivity contribution in [2.24, 2.45) is 0 Å². The average molecular weight is 321 g/mol.